The van der Waals surface area contributed by atoms with E-state index in [0.717, 1.165) is 57.7 Å². The smallest absolute Gasteiger partial charge is 0.231 e. The van der Waals surface area contributed by atoms with Gasteiger partial charge in [0.1, 0.15) is 6.33 Å². The average Bonchev–Trinajstić information content (AvgIpc) is 3.32. The van der Waals surface area contributed by atoms with Crippen LogP contribution in [-0.2, 0) is 6.54 Å². The summed E-state index contributed by atoms with van der Waals surface area (Å²) < 4.78 is 14.1. The van der Waals surface area contributed by atoms with Gasteiger partial charge in [-0.2, -0.15) is 0 Å². The molecule has 8 nitrogen and oxygen atoms in total. The topological polar surface area (TPSA) is 100 Å². The number of piperidine rings is 1. The minimum Gasteiger partial charge on any atom is -0.454 e. The molecule has 1 saturated heterocycles. The lowest BCUT2D eigenvalue weighted by Gasteiger charge is -2.23. The van der Waals surface area contributed by atoms with Gasteiger partial charge in [0.05, 0.1) is 0 Å². The predicted molar refractivity (Wildman–Crippen MR) is 114 cm³/mol. The summed E-state index contributed by atoms with van der Waals surface area (Å²) in [5.74, 6) is 2.55. The lowest BCUT2D eigenvalue weighted by Crippen LogP contribution is -2.30. The molecule has 1 fully saturated rings. The number of imidazole rings is 1. The highest BCUT2D eigenvalue weighted by Crippen LogP contribution is 2.43. The van der Waals surface area contributed by atoms with Crippen LogP contribution in [0.15, 0.2) is 33.0 Å². The molecule has 1 atom stereocenters. The maximum absolute atomic E-state index is 6.08. The largest absolute Gasteiger partial charge is 0.454 e. The Balaban J connectivity index is 1.48. The maximum Gasteiger partial charge on any atom is 0.231 e. The fourth-order valence-electron chi connectivity index (χ4n) is 3.77. The van der Waals surface area contributed by atoms with Crippen molar-refractivity contribution >= 4 is 44.7 Å². The molecule has 1 unspecified atom stereocenters. The molecule has 2 aromatic heterocycles. The van der Waals surface area contributed by atoms with E-state index in [2.05, 4.69) is 35.8 Å². The van der Waals surface area contributed by atoms with Crippen molar-refractivity contribution in [1.82, 2.24) is 24.8 Å². The number of fused-ring (bicyclic) bond motifs is 2. The summed E-state index contributed by atoms with van der Waals surface area (Å²) in [6.07, 6.45) is 5.06. The fourth-order valence-corrected chi connectivity index (χ4v) is 5.28. The SMILES string of the molecule is Nc1ncnc2c1nc(Sc1cc3c(cc1Br)OCO3)n2CCC1CCCNC1. The normalized spacial score (nSPS) is 18.4. The van der Waals surface area contributed by atoms with Gasteiger partial charge in [0.15, 0.2) is 33.6 Å². The minimum absolute atomic E-state index is 0.246. The number of halogens is 1. The number of ether oxygens (including phenoxy) is 2. The Bertz CT molecular complexity index is 1050. The minimum atomic E-state index is 0.246. The molecule has 0 spiro atoms. The van der Waals surface area contributed by atoms with Crippen molar-refractivity contribution in [3.05, 3.63) is 22.9 Å². The highest BCUT2D eigenvalue weighted by molar-refractivity contribution is 9.10. The first-order valence-corrected chi connectivity index (χ1v) is 11.2. The van der Waals surface area contributed by atoms with Crippen molar-refractivity contribution in [3.8, 4) is 11.5 Å². The molecule has 3 aromatic rings. The van der Waals surface area contributed by atoms with Crippen molar-refractivity contribution in [2.24, 2.45) is 5.92 Å². The van der Waals surface area contributed by atoms with Gasteiger partial charge in [0.2, 0.25) is 6.79 Å². The van der Waals surface area contributed by atoms with E-state index in [1.165, 1.54) is 19.2 Å². The van der Waals surface area contributed by atoms with Crippen LogP contribution in [0.5, 0.6) is 11.5 Å². The number of aromatic nitrogens is 4. The number of nitrogens with one attached hydrogen (secondary N) is 1. The molecule has 0 aliphatic carbocycles. The average molecular weight is 477 g/mol. The van der Waals surface area contributed by atoms with Crippen molar-refractivity contribution in [3.63, 3.8) is 0 Å². The summed E-state index contributed by atoms with van der Waals surface area (Å²) in [5.41, 5.74) is 7.51. The third kappa shape index (κ3) is 3.76. The second-order valence-electron chi connectivity index (χ2n) is 7.22. The van der Waals surface area contributed by atoms with Gasteiger partial charge in [0, 0.05) is 15.9 Å². The Morgan fingerprint density at radius 1 is 1.28 bits per heavy atom. The molecule has 0 bridgehead atoms. The van der Waals surface area contributed by atoms with Crippen molar-refractivity contribution < 1.29 is 9.47 Å². The molecule has 29 heavy (non-hydrogen) atoms. The number of rotatable bonds is 5. The molecule has 4 heterocycles. The molecule has 5 rings (SSSR count). The van der Waals surface area contributed by atoms with Crippen LogP contribution in [0.4, 0.5) is 5.82 Å². The number of anilines is 1. The van der Waals surface area contributed by atoms with Crippen molar-refractivity contribution in [1.29, 1.82) is 0 Å². The summed E-state index contributed by atoms with van der Waals surface area (Å²) in [6, 6.07) is 3.90. The third-order valence-electron chi connectivity index (χ3n) is 5.31. The van der Waals surface area contributed by atoms with Crippen LogP contribution in [0.3, 0.4) is 0 Å². The van der Waals surface area contributed by atoms with Gasteiger partial charge in [0.25, 0.3) is 0 Å². The summed E-state index contributed by atoms with van der Waals surface area (Å²) >= 11 is 5.20. The maximum atomic E-state index is 6.08. The molecule has 1 aromatic carbocycles. The molecular weight excluding hydrogens is 456 g/mol. The third-order valence-corrected chi connectivity index (χ3v) is 7.28. The Kier molecular flexibility index (Phi) is 5.23. The zero-order valence-corrected chi connectivity index (χ0v) is 18.1. The molecule has 2 aliphatic rings. The van der Waals surface area contributed by atoms with Gasteiger partial charge in [-0.15, -0.1) is 0 Å². The number of hydrogen-bond donors (Lipinski definition) is 2. The summed E-state index contributed by atoms with van der Waals surface area (Å²) in [5, 5.41) is 4.33. The van der Waals surface area contributed by atoms with Crippen LogP contribution in [0, 0.1) is 5.92 Å². The summed E-state index contributed by atoms with van der Waals surface area (Å²) in [4.78, 5) is 14.4. The monoisotopic (exact) mass is 476 g/mol. The Labute approximate surface area is 180 Å². The molecule has 2 aliphatic heterocycles. The van der Waals surface area contributed by atoms with Gasteiger partial charge in [-0.25, -0.2) is 15.0 Å². The van der Waals surface area contributed by atoms with Gasteiger partial charge >= 0.3 is 0 Å². The number of aryl methyl sites for hydroxylation is 1. The number of nitrogen functional groups attached to an aromatic ring is 1. The second-order valence-corrected chi connectivity index (χ2v) is 9.08. The van der Waals surface area contributed by atoms with E-state index in [-0.39, 0.29) is 6.79 Å². The fraction of sp³-hybridized carbons (Fsp3) is 0.421. The van der Waals surface area contributed by atoms with E-state index in [1.807, 2.05) is 12.1 Å². The highest BCUT2D eigenvalue weighted by Gasteiger charge is 2.22. The van der Waals surface area contributed by atoms with E-state index in [9.17, 15) is 0 Å². The second kappa shape index (κ2) is 8.00. The molecular formula is C19H21BrN6O2S. The number of nitrogens with zero attached hydrogens (tertiary/aromatic N) is 4. The van der Waals surface area contributed by atoms with Gasteiger partial charge in [-0.3, -0.25) is 0 Å². The van der Waals surface area contributed by atoms with E-state index in [0.29, 0.717) is 17.3 Å². The standard InChI is InChI=1S/C19H21BrN6O2S/c20-12-6-13-14(28-10-27-13)7-15(12)29-19-25-16-17(21)23-9-24-18(16)26(19)5-3-11-2-1-4-22-8-11/h6-7,9,11,22H,1-5,8,10H2,(H2,21,23,24). The van der Waals surface area contributed by atoms with E-state index in [1.54, 1.807) is 11.8 Å². The number of hydrogen-bond acceptors (Lipinski definition) is 8. The van der Waals surface area contributed by atoms with E-state index < -0.39 is 0 Å². The zero-order valence-electron chi connectivity index (χ0n) is 15.7. The first-order valence-electron chi connectivity index (χ1n) is 9.63. The molecule has 0 saturated carbocycles. The van der Waals surface area contributed by atoms with Crippen molar-refractivity contribution in [2.45, 2.75) is 35.9 Å². The van der Waals surface area contributed by atoms with E-state index in [4.69, 9.17) is 20.2 Å². The van der Waals surface area contributed by atoms with Crippen LogP contribution >= 0.6 is 27.7 Å². The predicted octanol–water partition coefficient (Wildman–Crippen LogP) is 3.44. The molecule has 0 amide bonds. The molecule has 0 radical (unpaired) electrons. The molecule has 152 valence electrons. The summed E-state index contributed by atoms with van der Waals surface area (Å²) in [6.45, 7) is 3.27. The lowest BCUT2D eigenvalue weighted by molar-refractivity contribution is 0.174. The van der Waals surface area contributed by atoms with Crippen molar-refractivity contribution in [2.75, 3.05) is 25.6 Å². The Hall–Kier alpha value is -2.04. The number of benzene rings is 1. The quantitative estimate of drug-likeness (QED) is 0.577. The first-order chi connectivity index (χ1) is 14.2. The van der Waals surface area contributed by atoms with Crippen LogP contribution in [-0.4, -0.2) is 39.4 Å². The van der Waals surface area contributed by atoms with E-state index >= 15 is 0 Å². The highest BCUT2D eigenvalue weighted by atomic mass is 79.9. The summed E-state index contributed by atoms with van der Waals surface area (Å²) in [7, 11) is 0. The van der Waals surface area contributed by atoms with Crippen LogP contribution in [0.1, 0.15) is 19.3 Å². The van der Waals surface area contributed by atoms with Crippen LogP contribution in [0.2, 0.25) is 0 Å². The zero-order chi connectivity index (χ0) is 19.8. The van der Waals surface area contributed by atoms with Gasteiger partial charge in [-0.1, -0.05) is 11.8 Å². The Morgan fingerprint density at radius 3 is 2.97 bits per heavy atom. The lowest BCUT2D eigenvalue weighted by atomic mass is 9.96. The number of nitrogens with two attached hydrogens (primary N) is 1. The molecule has 10 heteroatoms. The molecule has 3 N–H and O–H groups in total. The Morgan fingerprint density at radius 2 is 2.14 bits per heavy atom. The first kappa shape index (κ1) is 19.0. The van der Waals surface area contributed by atoms with Crippen LogP contribution < -0.4 is 20.5 Å². The van der Waals surface area contributed by atoms with Gasteiger partial charge < -0.3 is 25.1 Å². The van der Waals surface area contributed by atoms with Crippen LogP contribution in [0.25, 0.3) is 11.2 Å². The van der Waals surface area contributed by atoms with Gasteiger partial charge in [-0.05, 0) is 66.3 Å².